The van der Waals surface area contributed by atoms with E-state index in [0.717, 1.165) is 25.2 Å². The molecule has 1 aliphatic heterocycles. The number of rotatable bonds is 4. The first-order chi connectivity index (χ1) is 8.54. The minimum Gasteiger partial charge on any atom is -0.328 e. The van der Waals surface area contributed by atoms with Gasteiger partial charge in [-0.15, -0.1) is 23.7 Å². The van der Waals surface area contributed by atoms with Gasteiger partial charge in [-0.1, -0.05) is 0 Å². The summed E-state index contributed by atoms with van der Waals surface area (Å²) < 4.78 is 0. The highest BCUT2D eigenvalue weighted by Crippen LogP contribution is 2.19. The third-order valence-corrected chi connectivity index (χ3v) is 4.16. The van der Waals surface area contributed by atoms with E-state index >= 15 is 0 Å². The third kappa shape index (κ3) is 4.72. The van der Waals surface area contributed by atoms with E-state index in [2.05, 4.69) is 15.2 Å². The van der Waals surface area contributed by atoms with Gasteiger partial charge in [0.15, 0.2) is 5.13 Å². The largest absolute Gasteiger partial charge is 0.328 e. The molecule has 0 bridgehead atoms. The number of amides is 1. The van der Waals surface area contributed by atoms with Gasteiger partial charge in [0.05, 0.1) is 12.2 Å². The molecule has 0 radical (unpaired) electrons. The number of aromatic nitrogens is 1. The maximum Gasteiger partial charge on any atom is 0.240 e. The van der Waals surface area contributed by atoms with E-state index in [1.165, 1.54) is 11.3 Å². The Hall–Kier alpha value is -0.690. The number of nitrogens with zero attached hydrogens (tertiary/aromatic N) is 2. The van der Waals surface area contributed by atoms with Crippen LogP contribution < -0.4 is 11.1 Å². The molecule has 1 aromatic rings. The molecular weight excluding hydrogens is 284 g/mol. The Kier molecular flexibility index (Phi) is 6.19. The van der Waals surface area contributed by atoms with Crippen LogP contribution in [0.2, 0.25) is 0 Å². The molecule has 108 valence electrons. The zero-order valence-electron chi connectivity index (χ0n) is 11.3. The number of carbonyl (C=O) groups is 1. The van der Waals surface area contributed by atoms with Crippen molar-refractivity contribution in [2.45, 2.75) is 26.3 Å². The van der Waals surface area contributed by atoms with Crippen molar-refractivity contribution in [2.24, 2.45) is 11.7 Å². The van der Waals surface area contributed by atoms with Gasteiger partial charge in [-0.05, 0) is 32.7 Å². The number of likely N-dealkylation sites (tertiary alicyclic amines) is 1. The molecule has 0 aliphatic carbocycles. The van der Waals surface area contributed by atoms with Crippen molar-refractivity contribution in [3.63, 3.8) is 0 Å². The van der Waals surface area contributed by atoms with E-state index in [0.29, 0.717) is 17.6 Å². The fraction of sp³-hybridized carbons (Fsp3) is 0.667. The highest BCUT2D eigenvalue weighted by atomic mass is 35.5. The number of anilines is 1. The Labute approximate surface area is 124 Å². The van der Waals surface area contributed by atoms with Gasteiger partial charge in [-0.3, -0.25) is 9.69 Å². The van der Waals surface area contributed by atoms with E-state index in [4.69, 9.17) is 5.73 Å². The number of hydrogen-bond donors (Lipinski definition) is 2. The average Bonchev–Trinajstić information content (AvgIpc) is 2.88. The van der Waals surface area contributed by atoms with Crippen molar-refractivity contribution in [3.8, 4) is 0 Å². The second-order valence-electron chi connectivity index (χ2n) is 4.99. The SMILES string of the molecule is Cc1csc(NC(=O)CN2CCC(C(C)N)C2)n1.Cl. The predicted octanol–water partition coefficient (Wildman–Crippen LogP) is 1.48. The lowest BCUT2D eigenvalue weighted by Crippen LogP contribution is -2.34. The van der Waals surface area contributed by atoms with Crippen LogP contribution in [-0.2, 0) is 4.79 Å². The lowest BCUT2D eigenvalue weighted by atomic mass is 10.0. The molecule has 2 unspecified atom stereocenters. The van der Waals surface area contributed by atoms with Crippen molar-refractivity contribution in [3.05, 3.63) is 11.1 Å². The summed E-state index contributed by atoms with van der Waals surface area (Å²) in [6.45, 7) is 6.26. The lowest BCUT2D eigenvalue weighted by Gasteiger charge is -2.16. The van der Waals surface area contributed by atoms with Crippen molar-refractivity contribution >= 4 is 34.8 Å². The second-order valence-corrected chi connectivity index (χ2v) is 5.84. The van der Waals surface area contributed by atoms with Gasteiger partial charge >= 0.3 is 0 Å². The number of halogens is 1. The van der Waals surface area contributed by atoms with E-state index < -0.39 is 0 Å². The number of carbonyl (C=O) groups excluding carboxylic acids is 1. The number of thiazole rings is 1. The first-order valence-electron chi connectivity index (χ1n) is 6.24. The molecule has 0 spiro atoms. The van der Waals surface area contributed by atoms with E-state index in [9.17, 15) is 4.79 Å². The Morgan fingerprint density at radius 2 is 2.47 bits per heavy atom. The molecule has 1 amide bonds. The van der Waals surface area contributed by atoms with Crippen LogP contribution in [0.15, 0.2) is 5.38 Å². The molecule has 2 heterocycles. The summed E-state index contributed by atoms with van der Waals surface area (Å²) in [6, 6.07) is 0.208. The van der Waals surface area contributed by atoms with Gasteiger partial charge in [0.25, 0.3) is 0 Å². The summed E-state index contributed by atoms with van der Waals surface area (Å²) >= 11 is 1.46. The number of aryl methyl sites for hydroxylation is 1. The summed E-state index contributed by atoms with van der Waals surface area (Å²) in [7, 11) is 0. The predicted molar refractivity (Wildman–Crippen MR) is 80.9 cm³/mol. The zero-order chi connectivity index (χ0) is 13.1. The fourth-order valence-corrected chi connectivity index (χ4v) is 2.91. The molecular formula is C12H21ClN4OS. The first-order valence-corrected chi connectivity index (χ1v) is 7.12. The van der Waals surface area contributed by atoms with Crippen molar-refractivity contribution in [1.29, 1.82) is 0 Å². The van der Waals surface area contributed by atoms with E-state index in [-0.39, 0.29) is 24.4 Å². The van der Waals surface area contributed by atoms with Crippen molar-refractivity contribution in [2.75, 3.05) is 25.0 Å². The first kappa shape index (κ1) is 16.4. The third-order valence-electron chi connectivity index (χ3n) is 3.28. The Morgan fingerprint density at radius 3 is 3.00 bits per heavy atom. The molecule has 2 atom stereocenters. The van der Waals surface area contributed by atoms with Crippen LogP contribution in [0, 0.1) is 12.8 Å². The molecule has 7 heteroatoms. The monoisotopic (exact) mass is 304 g/mol. The van der Waals surface area contributed by atoms with Crippen LogP contribution in [0.1, 0.15) is 19.0 Å². The molecule has 1 aliphatic rings. The number of hydrogen-bond acceptors (Lipinski definition) is 5. The Morgan fingerprint density at radius 1 is 1.74 bits per heavy atom. The van der Waals surface area contributed by atoms with Crippen LogP contribution in [0.4, 0.5) is 5.13 Å². The maximum atomic E-state index is 11.8. The minimum atomic E-state index is 0. The highest BCUT2D eigenvalue weighted by molar-refractivity contribution is 7.13. The van der Waals surface area contributed by atoms with Crippen molar-refractivity contribution in [1.82, 2.24) is 9.88 Å². The van der Waals surface area contributed by atoms with Gasteiger partial charge in [0, 0.05) is 18.0 Å². The lowest BCUT2D eigenvalue weighted by molar-refractivity contribution is -0.117. The van der Waals surface area contributed by atoms with Gasteiger partial charge in [-0.25, -0.2) is 4.98 Å². The topological polar surface area (TPSA) is 71.2 Å². The van der Waals surface area contributed by atoms with Crippen molar-refractivity contribution < 1.29 is 4.79 Å². The van der Waals surface area contributed by atoms with Crippen LogP contribution >= 0.6 is 23.7 Å². The Bertz CT molecular complexity index is 424. The normalized spacial score (nSPS) is 20.9. The molecule has 19 heavy (non-hydrogen) atoms. The molecule has 0 saturated carbocycles. The molecule has 1 aromatic heterocycles. The molecule has 1 saturated heterocycles. The summed E-state index contributed by atoms with van der Waals surface area (Å²) in [4.78, 5) is 18.2. The molecule has 1 fully saturated rings. The number of nitrogens with two attached hydrogens (primary N) is 1. The summed E-state index contributed by atoms with van der Waals surface area (Å²) in [5, 5.41) is 5.44. The fourth-order valence-electron chi connectivity index (χ4n) is 2.21. The zero-order valence-corrected chi connectivity index (χ0v) is 12.9. The maximum absolute atomic E-state index is 11.8. The molecule has 2 rings (SSSR count). The summed E-state index contributed by atoms with van der Waals surface area (Å²) in [5.41, 5.74) is 6.82. The van der Waals surface area contributed by atoms with Crippen LogP contribution in [0.5, 0.6) is 0 Å². The van der Waals surface area contributed by atoms with Crippen LogP contribution in [0.3, 0.4) is 0 Å². The molecule has 0 aromatic carbocycles. The van der Waals surface area contributed by atoms with Gasteiger partial charge in [0.1, 0.15) is 0 Å². The quantitative estimate of drug-likeness (QED) is 0.884. The number of nitrogens with one attached hydrogen (secondary N) is 1. The minimum absolute atomic E-state index is 0. The van der Waals surface area contributed by atoms with Crippen LogP contribution in [-0.4, -0.2) is 41.5 Å². The highest BCUT2D eigenvalue weighted by Gasteiger charge is 2.26. The summed E-state index contributed by atoms with van der Waals surface area (Å²) in [6.07, 6.45) is 1.08. The Balaban J connectivity index is 0.00000180. The average molecular weight is 305 g/mol. The molecule has 5 nitrogen and oxygen atoms in total. The van der Waals surface area contributed by atoms with Gasteiger partial charge in [-0.2, -0.15) is 0 Å². The smallest absolute Gasteiger partial charge is 0.240 e. The molecule has 3 N–H and O–H groups in total. The van der Waals surface area contributed by atoms with E-state index in [1.807, 2.05) is 19.2 Å². The second kappa shape index (κ2) is 7.19. The van der Waals surface area contributed by atoms with Gasteiger partial charge < -0.3 is 11.1 Å². The van der Waals surface area contributed by atoms with Gasteiger partial charge in [0.2, 0.25) is 5.91 Å². The van der Waals surface area contributed by atoms with Crippen LogP contribution in [0.25, 0.3) is 0 Å². The summed E-state index contributed by atoms with van der Waals surface area (Å²) in [5.74, 6) is 0.523. The standard InChI is InChI=1S/C12H20N4OS.ClH/c1-8-7-18-12(14-8)15-11(17)6-16-4-3-10(5-16)9(2)13;/h7,9-10H,3-6,13H2,1-2H3,(H,14,15,17);1H. The van der Waals surface area contributed by atoms with E-state index in [1.54, 1.807) is 0 Å².